The number of amides is 1. The Morgan fingerprint density at radius 2 is 1.85 bits per heavy atom. The van der Waals surface area contributed by atoms with E-state index in [2.05, 4.69) is 47.1 Å². The van der Waals surface area contributed by atoms with Crippen LogP contribution in [0.5, 0.6) is 5.75 Å². The van der Waals surface area contributed by atoms with Crippen LogP contribution in [0.4, 0.5) is 0 Å². The van der Waals surface area contributed by atoms with E-state index >= 15 is 0 Å². The molecule has 0 bridgehead atoms. The van der Waals surface area contributed by atoms with Crippen molar-refractivity contribution in [3.8, 4) is 5.75 Å². The predicted molar refractivity (Wildman–Crippen MR) is 107 cm³/mol. The zero-order chi connectivity index (χ0) is 19.0. The number of nitrogens with zero attached hydrogens (tertiary/aromatic N) is 2. The number of carbonyl (C=O) groups excluding carboxylic acids is 1. The average molecular weight is 364 g/mol. The molecule has 1 atom stereocenters. The van der Waals surface area contributed by atoms with E-state index in [1.54, 1.807) is 0 Å². The minimum Gasteiger partial charge on any atom is -0.491 e. The smallest absolute Gasteiger partial charge is 0.233 e. The second-order valence-electron chi connectivity index (χ2n) is 8.22. The molecule has 0 aromatic heterocycles. The van der Waals surface area contributed by atoms with Crippen molar-refractivity contribution in [2.24, 2.45) is 0 Å². The summed E-state index contributed by atoms with van der Waals surface area (Å²) in [4.78, 5) is 18.0. The van der Waals surface area contributed by atoms with Gasteiger partial charge in [0.15, 0.2) is 0 Å². The third-order valence-corrected chi connectivity index (χ3v) is 5.79. The van der Waals surface area contributed by atoms with Gasteiger partial charge < -0.3 is 14.5 Å². The van der Waals surface area contributed by atoms with Crippen LogP contribution in [0.2, 0.25) is 0 Å². The molecule has 2 aromatic rings. The van der Waals surface area contributed by atoms with E-state index in [9.17, 15) is 4.79 Å². The molecular weight excluding hydrogens is 336 g/mol. The number of benzene rings is 2. The molecule has 4 rings (SSSR count). The topological polar surface area (TPSA) is 32.8 Å². The Hall–Kier alpha value is -2.33. The Morgan fingerprint density at radius 1 is 1.15 bits per heavy atom. The Kier molecular flexibility index (Phi) is 4.68. The molecule has 27 heavy (non-hydrogen) atoms. The number of rotatable bonds is 4. The molecule has 4 heteroatoms. The molecule has 1 amide bonds. The van der Waals surface area contributed by atoms with Crippen molar-refractivity contribution in [2.45, 2.75) is 37.8 Å². The van der Waals surface area contributed by atoms with Gasteiger partial charge in [-0.2, -0.15) is 0 Å². The van der Waals surface area contributed by atoms with E-state index in [0.717, 1.165) is 36.3 Å². The number of ether oxygens (including phenoxy) is 1. The van der Waals surface area contributed by atoms with Gasteiger partial charge in [0.2, 0.25) is 5.91 Å². The van der Waals surface area contributed by atoms with Gasteiger partial charge in [-0.05, 0) is 45.5 Å². The Balaban J connectivity index is 1.67. The highest BCUT2D eigenvalue weighted by atomic mass is 16.5. The Morgan fingerprint density at radius 3 is 2.52 bits per heavy atom. The number of likely N-dealkylation sites (N-methyl/N-ethyl adjacent to an activating group) is 1. The fraction of sp³-hybridized carbons (Fsp3) is 0.435. The maximum atomic E-state index is 13.8. The molecule has 0 unspecified atom stereocenters. The summed E-state index contributed by atoms with van der Waals surface area (Å²) in [6.45, 7) is 4.02. The summed E-state index contributed by atoms with van der Waals surface area (Å²) in [6, 6.07) is 16.6. The van der Waals surface area contributed by atoms with Crippen LogP contribution < -0.4 is 4.74 Å². The van der Waals surface area contributed by atoms with Gasteiger partial charge >= 0.3 is 0 Å². The summed E-state index contributed by atoms with van der Waals surface area (Å²) >= 11 is 0. The van der Waals surface area contributed by atoms with Crippen LogP contribution in [0.15, 0.2) is 48.5 Å². The largest absolute Gasteiger partial charge is 0.491 e. The number of aryl methyl sites for hydroxylation is 1. The maximum absolute atomic E-state index is 13.8. The van der Waals surface area contributed by atoms with Crippen molar-refractivity contribution in [1.82, 2.24) is 9.80 Å². The van der Waals surface area contributed by atoms with Crippen LogP contribution in [0, 0.1) is 6.92 Å². The predicted octanol–water partition coefficient (Wildman–Crippen LogP) is 3.38. The summed E-state index contributed by atoms with van der Waals surface area (Å²) in [5, 5.41) is 0. The van der Waals surface area contributed by atoms with Gasteiger partial charge in [-0.25, -0.2) is 0 Å². The minimum atomic E-state index is -0.350. The monoisotopic (exact) mass is 364 g/mol. The average Bonchev–Trinajstić information content (AvgIpc) is 3.47. The van der Waals surface area contributed by atoms with Crippen molar-refractivity contribution >= 4 is 5.91 Å². The van der Waals surface area contributed by atoms with Crippen molar-refractivity contribution in [3.63, 3.8) is 0 Å². The number of para-hydroxylation sites is 1. The lowest BCUT2D eigenvalue weighted by Gasteiger charge is -2.34. The summed E-state index contributed by atoms with van der Waals surface area (Å²) in [5.74, 6) is 1.15. The fourth-order valence-corrected chi connectivity index (χ4v) is 4.07. The van der Waals surface area contributed by atoms with Crippen LogP contribution >= 0.6 is 0 Å². The lowest BCUT2D eigenvalue weighted by atomic mass is 9.92. The molecule has 4 nitrogen and oxygen atoms in total. The maximum Gasteiger partial charge on any atom is 0.233 e. The molecule has 1 fully saturated rings. The second-order valence-corrected chi connectivity index (χ2v) is 8.22. The lowest BCUT2D eigenvalue weighted by Crippen LogP contribution is -2.50. The molecule has 0 spiro atoms. The van der Waals surface area contributed by atoms with Gasteiger partial charge in [0.05, 0.1) is 11.5 Å². The molecule has 1 heterocycles. The number of hydrogen-bond acceptors (Lipinski definition) is 3. The van der Waals surface area contributed by atoms with Crippen LogP contribution in [-0.4, -0.2) is 49.0 Å². The molecule has 142 valence electrons. The number of carbonyl (C=O) groups is 1. The van der Waals surface area contributed by atoms with Crippen LogP contribution in [-0.2, 0) is 16.8 Å². The molecule has 0 saturated heterocycles. The Bertz CT molecular complexity index is 825. The van der Waals surface area contributed by atoms with E-state index in [4.69, 9.17) is 4.74 Å². The SMILES string of the molecule is Cc1ccc(C2(C(=O)N3Cc4ccccc4OC[C@H]3CN(C)C)CC2)cc1. The summed E-state index contributed by atoms with van der Waals surface area (Å²) in [5.41, 5.74) is 3.12. The van der Waals surface area contributed by atoms with E-state index in [1.165, 1.54) is 5.56 Å². The molecule has 2 aliphatic rings. The van der Waals surface area contributed by atoms with Crippen molar-refractivity contribution < 1.29 is 9.53 Å². The van der Waals surface area contributed by atoms with Gasteiger partial charge in [0.25, 0.3) is 0 Å². The Labute approximate surface area is 161 Å². The summed E-state index contributed by atoms with van der Waals surface area (Å²) in [7, 11) is 4.10. The minimum absolute atomic E-state index is 0.0443. The molecule has 2 aromatic carbocycles. The third kappa shape index (κ3) is 3.46. The van der Waals surface area contributed by atoms with Crippen LogP contribution in [0.3, 0.4) is 0 Å². The van der Waals surface area contributed by atoms with Crippen molar-refractivity contribution in [1.29, 1.82) is 0 Å². The van der Waals surface area contributed by atoms with E-state index < -0.39 is 0 Å². The van der Waals surface area contributed by atoms with Gasteiger partial charge in [0, 0.05) is 18.7 Å². The molecular formula is C23H28N2O2. The quantitative estimate of drug-likeness (QED) is 0.834. The highest BCUT2D eigenvalue weighted by Crippen LogP contribution is 2.50. The highest BCUT2D eigenvalue weighted by molar-refractivity contribution is 5.91. The van der Waals surface area contributed by atoms with E-state index in [0.29, 0.717) is 13.2 Å². The normalized spacial score (nSPS) is 20.6. The van der Waals surface area contributed by atoms with Crippen molar-refractivity contribution in [3.05, 3.63) is 65.2 Å². The van der Waals surface area contributed by atoms with E-state index in [-0.39, 0.29) is 17.4 Å². The zero-order valence-electron chi connectivity index (χ0n) is 16.4. The van der Waals surface area contributed by atoms with Gasteiger partial charge in [-0.3, -0.25) is 4.79 Å². The van der Waals surface area contributed by atoms with Gasteiger partial charge in [-0.1, -0.05) is 48.0 Å². The molecule has 1 aliphatic carbocycles. The fourth-order valence-electron chi connectivity index (χ4n) is 4.07. The third-order valence-electron chi connectivity index (χ3n) is 5.79. The van der Waals surface area contributed by atoms with Crippen LogP contribution in [0.1, 0.15) is 29.5 Å². The number of hydrogen-bond donors (Lipinski definition) is 0. The number of fused-ring (bicyclic) bond motifs is 1. The highest BCUT2D eigenvalue weighted by Gasteiger charge is 2.54. The molecule has 1 aliphatic heterocycles. The lowest BCUT2D eigenvalue weighted by molar-refractivity contribution is -0.137. The second kappa shape index (κ2) is 7.01. The first kappa shape index (κ1) is 18.1. The standard InChI is InChI=1S/C23H28N2O2/c1-17-8-10-19(11-9-17)23(12-13-23)22(26)25-14-18-6-4-5-7-21(18)27-16-20(25)15-24(2)3/h4-11,20H,12-16H2,1-3H3/t20-/m1/s1. The van der Waals surface area contributed by atoms with E-state index in [1.807, 2.05) is 32.3 Å². The molecule has 0 N–H and O–H groups in total. The molecule has 1 saturated carbocycles. The first-order valence-corrected chi connectivity index (χ1v) is 9.73. The van der Waals surface area contributed by atoms with Gasteiger partial charge in [-0.15, -0.1) is 0 Å². The first-order valence-electron chi connectivity index (χ1n) is 9.73. The van der Waals surface area contributed by atoms with Gasteiger partial charge in [0.1, 0.15) is 12.4 Å². The first-order chi connectivity index (χ1) is 13.0. The molecule has 0 radical (unpaired) electrons. The zero-order valence-corrected chi connectivity index (χ0v) is 16.4. The van der Waals surface area contributed by atoms with Crippen LogP contribution in [0.25, 0.3) is 0 Å². The summed E-state index contributed by atoms with van der Waals surface area (Å²) < 4.78 is 6.08. The summed E-state index contributed by atoms with van der Waals surface area (Å²) in [6.07, 6.45) is 1.87. The van der Waals surface area contributed by atoms with Crippen molar-refractivity contribution in [2.75, 3.05) is 27.2 Å².